The number of ketones is 1. The zero-order valence-corrected chi connectivity index (χ0v) is 9.49. The monoisotopic (exact) mass is 282 g/mol. The molecular weight excluding hydrogens is 277 g/mol. The second kappa shape index (κ2) is 4.36. The van der Waals surface area contributed by atoms with Crippen LogP contribution >= 0.6 is 27.5 Å². The molecule has 0 aliphatic heterocycles. The molecule has 0 N–H and O–H groups in total. The molecule has 0 saturated heterocycles. The molecule has 0 atom stereocenters. The molecule has 0 unspecified atom stereocenters. The molecule has 0 aliphatic carbocycles. The smallest absolute Gasteiger partial charge is 0.264 e. The van der Waals surface area contributed by atoms with Gasteiger partial charge in [-0.1, -0.05) is 17.7 Å². The summed E-state index contributed by atoms with van der Waals surface area (Å²) in [7, 11) is 0. The number of rotatable bonds is 2. The SMILES string of the molecule is CC(=O)c1c(C(F)F)ccc(Br)c1Cl. The van der Waals surface area contributed by atoms with Crippen molar-refractivity contribution in [3.05, 3.63) is 32.8 Å². The lowest BCUT2D eigenvalue weighted by molar-refractivity contribution is 0.0999. The van der Waals surface area contributed by atoms with Crippen LogP contribution in [-0.4, -0.2) is 5.78 Å². The van der Waals surface area contributed by atoms with Crippen molar-refractivity contribution in [2.75, 3.05) is 0 Å². The largest absolute Gasteiger partial charge is 0.294 e. The number of hydrogen-bond donors (Lipinski definition) is 0. The second-order valence-electron chi connectivity index (χ2n) is 2.68. The molecule has 76 valence electrons. The molecule has 0 spiro atoms. The fourth-order valence-electron chi connectivity index (χ4n) is 1.11. The third kappa shape index (κ3) is 2.12. The molecule has 0 amide bonds. The molecule has 0 bridgehead atoms. The fourth-order valence-corrected chi connectivity index (χ4v) is 1.74. The number of carbonyl (C=O) groups is 1. The predicted molar refractivity (Wildman–Crippen MR) is 54.1 cm³/mol. The van der Waals surface area contributed by atoms with Crippen LogP contribution in [0.4, 0.5) is 8.78 Å². The van der Waals surface area contributed by atoms with Crippen molar-refractivity contribution >= 4 is 33.3 Å². The highest BCUT2D eigenvalue weighted by molar-refractivity contribution is 9.10. The molecule has 0 fully saturated rings. The van der Waals surface area contributed by atoms with Crippen LogP contribution in [0.2, 0.25) is 5.02 Å². The van der Waals surface area contributed by atoms with E-state index in [0.717, 1.165) is 0 Å². The van der Waals surface area contributed by atoms with E-state index in [1.807, 2.05) is 0 Å². The van der Waals surface area contributed by atoms with Crippen molar-refractivity contribution in [2.45, 2.75) is 13.3 Å². The number of carbonyl (C=O) groups excluding carboxylic acids is 1. The van der Waals surface area contributed by atoms with Crippen LogP contribution in [0.25, 0.3) is 0 Å². The number of benzene rings is 1. The molecule has 0 aromatic heterocycles. The summed E-state index contributed by atoms with van der Waals surface area (Å²) in [5.41, 5.74) is -0.443. The fraction of sp³-hybridized carbons (Fsp3) is 0.222. The van der Waals surface area contributed by atoms with Gasteiger partial charge in [-0.25, -0.2) is 8.78 Å². The zero-order chi connectivity index (χ0) is 10.9. The summed E-state index contributed by atoms with van der Waals surface area (Å²) >= 11 is 8.80. The third-order valence-electron chi connectivity index (χ3n) is 1.71. The van der Waals surface area contributed by atoms with E-state index in [1.54, 1.807) is 0 Å². The highest BCUT2D eigenvalue weighted by atomic mass is 79.9. The lowest BCUT2D eigenvalue weighted by Crippen LogP contribution is -2.01. The van der Waals surface area contributed by atoms with E-state index >= 15 is 0 Å². The van der Waals surface area contributed by atoms with Gasteiger partial charge in [0.2, 0.25) is 0 Å². The van der Waals surface area contributed by atoms with Gasteiger partial charge in [-0.15, -0.1) is 0 Å². The molecule has 0 aliphatic rings. The maximum atomic E-state index is 12.5. The Labute approximate surface area is 93.2 Å². The van der Waals surface area contributed by atoms with E-state index in [4.69, 9.17) is 11.6 Å². The summed E-state index contributed by atoms with van der Waals surface area (Å²) in [6, 6.07) is 2.59. The molecule has 5 heteroatoms. The molecule has 14 heavy (non-hydrogen) atoms. The van der Waals surface area contributed by atoms with Crippen LogP contribution in [-0.2, 0) is 0 Å². The van der Waals surface area contributed by atoms with E-state index in [-0.39, 0.29) is 16.1 Å². The quantitative estimate of drug-likeness (QED) is 0.742. The van der Waals surface area contributed by atoms with E-state index in [9.17, 15) is 13.6 Å². The van der Waals surface area contributed by atoms with Gasteiger partial charge < -0.3 is 0 Å². The Morgan fingerprint density at radius 1 is 1.50 bits per heavy atom. The van der Waals surface area contributed by atoms with Crippen molar-refractivity contribution in [2.24, 2.45) is 0 Å². The molecule has 1 rings (SSSR count). The van der Waals surface area contributed by atoms with Gasteiger partial charge in [-0.2, -0.15) is 0 Å². The highest BCUT2D eigenvalue weighted by Gasteiger charge is 2.20. The first-order valence-electron chi connectivity index (χ1n) is 3.72. The summed E-state index contributed by atoms with van der Waals surface area (Å²) in [5.74, 6) is -0.466. The first kappa shape index (κ1) is 11.6. The van der Waals surface area contributed by atoms with Crippen molar-refractivity contribution < 1.29 is 13.6 Å². The van der Waals surface area contributed by atoms with Crippen LogP contribution in [0.5, 0.6) is 0 Å². The minimum Gasteiger partial charge on any atom is -0.294 e. The highest BCUT2D eigenvalue weighted by Crippen LogP contribution is 2.33. The molecule has 0 radical (unpaired) electrons. The van der Waals surface area contributed by atoms with Gasteiger partial charge in [0.25, 0.3) is 6.43 Å². The van der Waals surface area contributed by atoms with E-state index in [0.29, 0.717) is 4.47 Å². The van der Waals surface area contributed by atoms with Gasteiger partial charge in [0, 0.05) is 15.6 Å². The van der Waals surface area contributed by atoms with Crippen molar-refractivity contribution in [3.63, 3.8) is 0 Å². The molecule has 0 saturated carbocycles. The predicted octanol–water partition coefficient (Wildman–Crippen LogP) is 4.24. The maximum Gasteiger partial charge on any atom is 0.264 e. The second-order valence-corrected chi connectivity index (χ2v) is 3.91. The number of hydrogen-bond acceptors (Lipinski definition) is 1. The topological polar surface area (TPSA) is 17.1 Å². The van der Waals surface area contributed by atoms with Crippen LogP contribution in [0.15, 0.2) is 16.6 Å². The van der Waals surface area contributed by atoms with Gasteiger partial charge in [0.15, 0.2) is 5.78 Å². The summed E-state index contributed by atoms with van der Waals surface area (Å²) in [6.45, 7) is 1.21. The Bertz CT molecular complexity index is 379. The molecule has 0 heterocycles. The molecular formula is C9H6BrClF2O. The lowest BCUT2D eigenvalue weighted by Gasteiger charge is -2.08. The van der Waals surface area contributed by atoms with Gasteiger partial charge >= 0.3 is 0 Å². The van der Waals surface area contributed by atoms with Crippen LogP contribution in [0.3, 0.4) is 0 Å². The molecule has 1 aromatic rings. The van der Waals surface area contributed by atoms with Gasteiger partial charge in [0.05, 0.1) is 5.02 Å². The summed E-state index contributed by atoms with van der Waals surface area (Å²) in [5, 5.41) is 0.0373. The average molecular weight is 283 g/mol. The number of Topliss-reactive ketones (excluding diaryl/α,β-unsaturated/α-hetero) is 1. The Morgan fingerprint density at radius 2 is 2.07 bits per heavy atom. The summed E-state index contributed by atoms with van der Waals surface area (Å²) < 4.78 is 25.4. The zero-order valence-electron chi connectivity index (χ0n) is 7.15. The van der Waals surface area contributed by atoms with Gasteiger partial charge in [-0.3, -0.25) is 4.79 Å². The standard InChI is InChI=1S/C9H6BrClF2O/c1-4(14)7-5(9(12)13)2-3-6(10)8(7)11/h2-3,9H,1H3. The Balaban J connectivity index is 3.45. The van der Waals surface area contributed by atoms with E-state index < -0.39 is 12.2 Å². The Morgan fingerprint density at radius 3 is 2.50 bits per heavy atom. The van der Waals surface area contributed by atoms with Crippen molar-refractivity contribution in [1.82, 2.24) is 0 Å². The van der Waals surface area contributed by atoms with E-state index in [2.05, 4.69) is 15.9 Å². The minimum atomic E-state index is -2.69. The van der Waals surface area contributed by atoms with Gasteiger partial charge in [0.1, 0.15) is 0 Å². The van der Waals surface area contributed by atoms with Crippen LogP contribution in [0.1, 0.15) is 29.3 Å². The first-order chi connectivity index (χ1) is 6.45. The Hall–Kier alpha value is -0.480. The van der Waals surface area contributed by atoms with Crippen molar-refractivity contribution in [1.29, 1.82) is 0 Å². The lowest BCUT2D eigenvalue weighted by atomic mass is 10.0. The van der Waals surface area contributed by atoms with Crippen molar-refractivity contribution in [3.8, 4) is 0 Å². The number of halogens is 4. The molecule has 1 nitrogen and oxygen atoms in total. The Kier molecular flexibility index (Phi) is 3.61. The van der Waals surface area contributed by atoms with Gasteiger partial charge in [-0.05, 0) is 28.9 Å². The first-order valence-corrected chi connectivity index (χ1v) is 4.89. The average Bonchev–Trinajstić information content (AvgIpc) is 2.08. The number of alkyl halides is 2. The minimum absolute atomic E-state index is 0.0373. The summed E-state index contributed by atoms with van der Waals surface area (Å²) in [4.78, 5) is 11.1. The van der Waals surface area contributed by atoms with Crippen LogP contribution in [0, 0.1) is 0 Å². The maximum absolute atomic E-state index is 12.5. The van der Waals surface area contributed by atoms with E-state index in [1.165, 1.54) is 19.1 Å². The third-order valence-corrected chi connectivity index (χ3v) is 3.00. The molecule has 1 aromatic carbocycles. The van der Waals surface area contributed by atoms with Crippen LogP contribution < -0.4 is 0 Å². The summed E-state index contributed by atoms with van der Waals surface area (Å²) in [6.07, 6.45) is -2.69. The normalized spacial score (nSPS) is 10.7.